The summed E-state index contributed by atoms with van der Waals surface area (Å²) in [5, 5.41) is 4.66. The minimum absolute atomic E-state index is 0.131. The first-order chi connectivity index (χ1) is 11.7. The number of aryl methyl sites for hydroxylation is 1. The molecule has 0 radical (unpaired) electrons. The van der Waals surface area contributed by atoms with E-state index in [1.54, 1.807) is 23.1 Å². The number of piperidine rings is 1. The first-order valence-electron chi connectivity index (χ1n) is 8.32. The van der Waals surface area contributed by atoms with Crippen molar-refractivity contribution in [2.45, 2.75) is 25.3 Å². The largest absolute Gasteiger partial charge is 0.298 e. The molecular weight excluding hydrogens is 305 g/mol. The van der Waals surface area contributed by atoms with Gasteiger partial charge in [-0.15, -0.1) is 0 Å². The highest BCUT2D eigenvalue weighted by molar-refractivity contribution is 5.73. The van der Waals surface area contributed by atoms with Gasteiger partial charge in [-0.3, -0.25) is 4.90 Å². The summed E-state index contributed by atoms with van der Waals surface area (Å²) in [6, 6.07) is 7.01. The Kier molecular flexibility index (Phi) is 3.98. The standard InChI is InChI=1S/C18H20FN5/c1-23-18-17(20-8-9-21-18)16(22-23)14-6-4-10-24(12-14)11-13-5-2-3-7-15(13)19/h2-3,5,7-9,14H,4,6,10-12H2,1H3. The molecule has 24 heavy (non-hydrogen) atoms. The number of halogens is 1. The second-order valence-electron chi connectivity index (χ2n) is 6.40. The Morgan fingerprint density at radius 1 is 1.21 bits per heavy atom. The van der Waals surface area contributed by atoms with Gasteiger partial charge in [-0.1, -0.05) is 18.2 Å². The van der Waals surface area contributed by atoms with Crippen molar-refractivity contribution < 1.29 is 4.39 Å². The number of likely N-dealkylation sites (tertiary alicyclic amines) is 1. The highest BCUT2D eigenvalue weighted by Gasteiger charge is 2.26. The minimum Gasteiger partial charge on any atom is -0.298 e. The van der Waals surface area contributed by atoms with E-state index >= 15 is 0 Å². The molecule has 0 aliphatic carbocycles. The Bertz CT molecular complexity index is 859. The van der Waals surface area contributed by atoms with Crippen LogP contribution in [0.4, 0.5) is 4.39 Å². The van der Waals surface area contributed by atoms with Gasteiger partial charge < -0.3 is 0 Å². The summed E-state index contributed by atoms with van der Waals surface area (Å²) in [5.41, 5.74) is 3.47. The molecule has 0 saturated carbocycles. The van der Waals surface area contributed by atoms with Crippen LogP contribution in [0.2, 0.25) is 0 Å². The third-order valence-corrected chi connectivity index (χ3v) is 4.73. The van der Waals surface area contributed by atoms with Gasteiger partial charge in [0.2, 0.25) is 0 Å². The van der Waals surface area contributed by atoms with Gasteiger partial charge in [0.25, 0.3) is 0 Å². The van der Waals surface area contributed by atoms with Crippen LogP contribution in [0.25, 0.3) is 11.2 Å². The summed E-state index contributed by atoms with van der Waals surface area (Å²) in [7, 11) is 1.90. The summed E-state index contributed by atoms with van der Waals surface area (Å²) in [4.78, 5) is 11.2. The van der Waals surface area contributed by atoms with Crippen LogP contribution >= 0.6 is 0 Å². The molecule has 0 amide bonds. The lowest BCUT2D eigenvalue weighted by Gasteiger charge is -2.32. The van der Waals surface area contributed by atoms with Crippen LogP contribution in [0, 0.1) is 5.82 Å². The van der Waals surface area contributed by atoms with Crippen molar-refractivity contribution in [3.63, 3.8) is 0 Å². The van der Waals surface area contributed by atoms with E-state index in [1.807, 2.05) is 19.2 Å². The van der Waals surface area contributed by atoms with Crippen molar-refractivity contribution in [2.24, 2.45) is 7.05 Å². The lowest BCUT2D eigenvalue weighted by molar-refractivity contribution is 0.196. The quantitative estimate of drug-likeness (QED) is 0.743. The van der Waals surface area contributed by atoms with Crippen molar-refractivity contribution in [3.8, 4) is 0 Å². The summed E-state index contributed by atoms with van der Waals surface area (Å²) < 4.78 is 15.7. The molecular formula is C18H20FN5. The van der Waals surface area contributed by atoms with Gasteiger partial charge in [0.1, 0.15) is 11.3 Å². The molecule has 3 aromatic rings. The number of aromatic nitrogens is 4. The Balaban J connectivity index is 1.57. The van der Waals surface area contributed by atoms with Crippen LogP contribution in [0.5, 0.6) is 0 Å². The van der Waals surface area contributed by atoms with E-state index in [1.165, 1.54) is 6.07 Å². The van der Waals surface area contributed by atoms with Gasteiger partial charge in [-0.2, -0.15) is 5.10 Å². The van der Waals surface area contributed by atoms with E-state index < -0.39 is 0 Å². The predicted octanol–water partition coefficient (Wildman–Crippen LogP) is 2.88. The second kappa shape index (κ2) is 6.28. The van der Waals surface area contributed by atoms with Crippen molar-refractivity contribution in [3.05, 3.63) is 53.7 Å². The van der Waals surface area contributed by atoms with Crippen LogP contribution in [-0.4, -0.2) is 37.7 Å². The number of fused-ring (bicyclic) bond motifs is 1. The van der Waals surface area contributed by atoms with Crippen LogP contribution in [-0.2, 0) is 13.6 Å². The van der Waals surface area contributed by atoms with Crippen LogP contribution in [0.3, 0.4) is 0 Å². The maximum atomic E-state index is 13.9. The van der Waals surface area contributed by atoms with Gasteiger partial charge >= 0.3 is 0 Å². The smallest absolute Gasteiger partial charge is 0.176 e. The Hall–Kier alpha value is -2.34. The van der Waals surface area contributed by atoms with Crippen molar-refractivity contribution in [1.29, 1.82) is 0 Å². The van der Waals surface area contributed by atoms with E-state index in [4.69, 9.17) is 0 Å². The fraction of sp³-hybridized carbons (Fsp3) is 0.389. The van der Waals surface area contributed by atoms with E-state index in [-0.39, 0.29) is 5.82 Å². The molecule has 1 aliphatic rings. The lowest BCUT2D eigenvalue weighted by atomic mass is 9.94. The van der Waals surface area contributed by atoms with Gasteiger partial charge in [0.05, 0.1) is 5.69 Å². The topological polar surface area (TPSA) is 46.8 Å². The summed E-state index contributed by atoms with van der Waals surface area (Å²) in [6.07, 6.45) is 5.57. The Morgan fingerprint density at radius 2 is 2.04 bits per heavy atom. The van der Waals surface area contributed by atoms with Crippen LogP contribution < -0.4 is 0 Å². The maximum absolute atomic E-state index is 13.9. The molecule has 1 aliphatic heterocycles. The number of benzene rings is 1. The van der Waals surface area contributed by atoms with Crippen molar-refractivity contribution in [1.82, 2.24) is 24.6 Å². The van der Waals surface area contributed by atoms with Gasteiger partial charge in [-0.25, -0.2) is 19.0 Å². The van der Waals surface area contributed by atoms with Gasteiger partial charge in [0, 0.05) is 44.0 Å². The average molecular weight is 325 g/mol. The fourth-order valence-corrected chi connectivity index (χ4v) is 3.57. The van der Waals surface area contributed by atoms with Crippen molar-refractivity contribution >= 4 is 11.2 Å². The zero-order valence-corrected chi connectivity index (χ0v) is 13.7. The zero-order valence-electron chi connectivity index (χ0n) is 13.7. The van der Waals surface area contributed by atoms with E-state index in [0.717, 1.165) is 48.4 Å². The van der Waals surface area contributed by atoms with E-state index in [0.29, 0.717) is 12.5 Å². The van der Waals surface area contributed by atoms with Gasteiger partial charge in [0.15, 0.2) is 5.65 Å². The molecule has 0 N–H and O–H groups in total. The predicted molar refractivity (Wildman–Crippen MR) is 90.0 cm³/mol. The van der Waals surface area contributed by atoms with E-state index in [9.17, 15) is 4.39 Å². The summed E-state index contributed by atoms with van der Waals surface area (Å²) >= 11 is 0. The lowest BCUT2D eigenvalue weighted by Crippen LogP contribution is -2.34. The average Bonchev–Trinajstić information content (AvgIpc) is 2.95. The van der Waals surface area contributed by atoms with Crippen molar-refractivity contribution in [2.75, 3.05) is 13.1 Å². The molecule has 6 heteroatoms. The molecule has 1 aromatic carbocycles. The number of rotatable bonds is 3. The Labute approximate surface area is 140 Å². The highest BCUT2D eigenvalue weighted by Crippen LogP contribution is 2.30. The molecule has 0 bridgehead atoms. The minimum atomic E-state index is -0.131. The van der Waals surface area contributed by atoms with E-state index in [2.05, 4.69) is 20.0 Å². The normalized spacial score (nSPS) is 19.0. The van der Waals surface area contributed by atoms with Crippen LogP contribution in [0.15, 0.2) is 36.7 Å². The first-order valence-corrected chi connectivity index (χ1v) is 8.32. The molecule has 1 fully saturated rings. The third kappa shape index (κ3) is 2.78. The molecule has 3 heterocycles. The molecule has 124 valence electrons. The van der Waals surface area contributed by atoms with Crippen LogP contribution in [0.1, 0.15) is 30.0 Å². The zero-order chi connectivity index (χ0) is 16.5. The molecule has 1 saturated heterocycles. The highest BCUT2D eigenvalue weighted by atomic mass is 19.1. The monoisotopic (exact) mass is 325 g/mol. The number of nitrogens with zero attached hydrogens (tertiary/aromatic N) is 5. The molecule has 1 atom stereocenters. The number of hydrogen-bond donors (Lipinski definition) is 0. The summed E-state index contributed by atoms with van der Waals surface area (Å²) in [5.74, 6) is 0.180. The molecule has 0 spiro atoms. The molecule has 4 rings (SSSR count). The molecule has 5 nitrogen and oxygen atoms in total. The Morgan fingerprint density at radius 3 is 2.92 bits per heavy atom. The SMILES string of the molecule is Cn1nc(C2CCCN(Cc3ccccc3F)C2)c2nccnc21. The molecule has 2 aromatic heterocycles. The maximum Gasteiger partial charge on any atom is 0.176 e. The summed E-state index contributed by atoms with van der Waals surface area (Å²) in [6.45, 7) is 2.50. The fourth-order valence-electron chi connectivity index (χ4n) is 3.57. The molecule has 1 unspecified atom stereocenters. The second-order valence-corrected chi connectivity index (χ2v) is 6.40. The van der Waals surface area contributed by atoms with Gasteiger partial charge in [-0.05, 0) is 25.5 Å². The first kappa shape index (κ1) is 15.2. The number of hydrogen-bond acceptors (Lipinski definition) is 4. The third-order valence-electron chi connectivity index (χ3n) is 4.73.